The lowest BCUT2D eigenvalue weighted by Gasteiger charge is -2.50. The van der Waals surface area contributed by atoms with E-state index >= 15 is 0 Å². The normalized spacial score (nSPS) is 30.6. The van der Waals surface area contributed by atoms with Crippen molar-refractivity contribution in [3.05, 3.63) is 66.2 Å². The van der Waals surface area contributed by atoms with Gasteiger partial charge in [-0.25, -0.2) is 0 Å². The highest BCUT2D eigenvalue weighted by Crippen LogP contribution is 2.55. The molecule has 174 valence electrons. The van der Waals surface area contributed by atoms with Crippen LogP contribution in [0.1, 0.15) is 51.5 Å². The summed E-state index contributed by atoms with van der Waals surface area (Å²) in [5.74, 6) is 0.887. The van der Waals surface area contributed by atoms with Gasteiger partial charge in [-0.1, -0.05) is 68.3 Å². The Bertz CT molecular complexity index is 995. The van der Waals surface area contributed by atoms with Crippen molar-refractivity contribution >= 4 is 11.8 Å². The first kappa shape index (κ1) is 22.0. The molecule has 0 unspecified atom stereocenters. The minimum absolute atomic E-state index is 0.00764. The molecule has 2 aromatic rings. The highest BCUT2D eigenvalue weighted by molar-refractivity contribution is 5.80. The van der Waals surface area contributed by atoms with Crippen LogP contribution in [0.3, 0.4) is 0 Å². The van der Waals surface area contributed by atoms with Gasteiger partial charge in [0.1, 0.15) is 5.75 Å². The molecular weight excluding hydrogens is 412 g/mol. The van der Waals surface area contributed by atoms with Crippen LogP contribution < -0.4 is 4.74 Å². The Morgan fingerprint density at radius 1 is 0.939 bits per heavy atom. The van der Waals surface area contributed by atoms with Gasteiger partial charge in [-0.05, 0) is 43.4 Å². The predicted molar refractivity (Wildman–Crippen MR) is 128 cm³/mol. The minimum Gasteiger partial charge on any atom is -0.484 e. The number of rotatable bonds is 5. The van der Waals surface area contributed by atoms with Gasteiger partial charge in [-0.2, -0.15) is 0 Å². The van der Waals surface area contributed by atoms with Crippen LogP contribution in [0.4, 0.5) is 0 Å². The Labute approximate surface area is 196 Å². The number of likely N-dealkylation sites (tertiary alicyclic amines) is 2. The fraction of sp³-hybridized carbons (Fsp3) is 0.500. The van der Waals surface area contributed by atoms with Crippen molar-refractivity contribution in [1.82, 2.24) is 9.80 Å². The number of hydrogen-bond acceptors (Lipinski definition) is 3. The van der Waals surface area contributed by atoms with E-state index in [1.54, 1.807) is 6.92 Å². The number of hydrogen-bond donors (Lipinski definition) is 0. The molecule has 5 atom stereocenters. The van der Waals surface area contributed by atoms with Crippen molar-refractivity contribution in [2.24, 2.45) is 5.41 Å². The minimum atomic E-state index is -0.0670. The van der Waals surface area contributed by atoms with Gasteiger partial charge >= 0.3 is 0 Å². The number of ether oxygens (including phenoxy) is 1. The zero-order valence-electron chi connectivity index (χ0n) is 19.7. The monoisotopic (exact) mass is 446 g/mol. The standard InChI is InChI=1S/C28H34N2O3/c1-20(31)29-23(17-21-11-5-3-6-12-21)24-18-28(2)25(29)15-9-10-16-26(28)30(24)27(32)19-33-22-13-7-4-8-14-22/h3-8,11-14,23-26H,9-10,15-19H2,1-2H3/t23-,24-,25+,26-,28+/m0/s1. The summed E-state index contributed by atoms with van der Waals surface area (Å²) in [7, 11) is 0. The molecule has 0 aromatic heterocycles. The molecule has 3 aliphatic rings. The molecule has 33 heavy (non-hydrogen) atoms. The van der Waals surface area contributed by atoms with Crippen LogP contribution >= 0.6 is 0 Å². The highest BCUT2D eigenvalue weighted by Gasteiger charge is 2.63. The molecule has 2 aromatic carbocycles. The third-order valence-electron chi connectivity index (χ3n) is 8.25. The second-order valence-electron chi connectivity index (χ2n) is 10.2. The van der Waals surface area contributed by atoms with Crippen LogP contribution in [0.25, 0.3) is 0 Å². The average molecular weight is 447 g/mol. The van der Waals surface area contributed by atoms with Crippen molar-refractivity contribution in [1.29, 1.82) is 0 Å². The van der Waals surface area contributed by atoms with Gasteiger partial charge in [0.15, 0.2) is 6.61 Å². The second-order valence-corrected chi connectivity index (χ2v) is 10.2. The molecule has 2 aliphatic heterocycles. The summed E-state index contributed by atoms with van der Waals surface area (Å²) in [5.41, 5.74) is 1.15. The van der Waals surface area contributed by atoms with E-state index in [1.807, 2.05) is 36.4 Å². The Morgan fingerprint density at radius 2 is 1.55 bits per heavy atom. The average Bonchev–Trinajstić information content (AvgIpc) is 2.97. The summed E-state index contributed by atoms with van der Waals surface area (Å²) in [6, 6.07) is 20.3. The first-order valence-corrected chi connectivity index (χ1v) is 12.3. The smallest absolute Gasteiger partial charge is 0.261 e. The third kappa shape index (κ3) is 3.92. The Hall–Kier alpha value is -2.82. The van der Waals surface area contributed by atoms with Crippen LogP contribution in [0.5, 0.6) is 5.75 Å². The molecule has 5 nitrogen and oxygen atoms in total. The SMILES string of the molecule is CC(=O)N1[C@@H](Cc2ccccc2)[C@@H]2C[C@@]3(C)[C@H](CCCC[C@@H]13)N2C(=O)COc1ccccc1. The quantitative estimate of drug-likeness (QED) is 0.682. The number of carbonyl (C=O) groups is 2. The summed E-state index contributed by atoms with van der Waals surface area (Å²) in [4.78, 5) is 31.0. The largest absolute Gasteiger partial charge is 0.484 e. The first-order chi connectivity index (χ1) is 16.0. The van der Waals surface area contributed by atoms with E-state index in [9.17, 15) is 9.59 Å². The number of nitrogens with zero attached hydrogens (tertiary/aromatic N) is 2. The number of amides is 2. The Kier molecular flexibility index (Phi) is 5.90. The lowest BCUT2D eigenvalue weighted by molar-refractivity contribution is -0.143. The van der Waals surface area contributed by atoms with E-state index in [1.165, 1.54) is 5.56 Å². The van der Waals surface area contributed by atoms with Gasteiger partial charge in [-0.15, -0.1) is 0 Å². The van der Waals surface area contributed by atoms with Crippen molar-refractivity contribution in [3.63, 3.8) is 0 Å². The van der Waals surface area contributed by atoms with Crippen molar-refractivity contribution in [3.8, 4) is 5.75 Å². The molecule has 2 amide bonds. The highest BCUT2D eigenvalue weighted by atomic mass is 16.5. The number of carbonyl (C=O) groups excluding carboxylic acids is 2. The zero-order valence-corrected chi connectivity index (χ0v) is 19.7. The van der Waals surface area contributed by atoms with Crippen LogP contribution in [0.15, 0.2) is 60.7 Å². The number of para-hydroxylation sites is 1. The summed E-state index contributed by atoms with van der Waals surface area (Å²) >= 11 is 0. The van der Waals surface area contributed by atoms with Gasteiger partial charge in [0, 0.05) is 24.4 Å². The Balaban J connectivity index is 1.49. The summed E-state index contributed by atoms with van der Waals surface area (Å²) in [5, 5.41) is 0. The second kappa shape index (κ2) is 8.85. The summed E-state index contributed by atoms with van der Waals surface area (Å²) in [6.45, 7) is 4.06. The first-order valence-electron chi connectivity index (χ1n) is 12.3. The maximum atomic E-state index is 13.7. The van der Waals surface area contributed by atoms with Gasteiger partial charge in [0.05, 0.1) is 12.1 Å². The van der Waals surface area contributed by atoms with Gasteiger partial charge in [-0.3, -0.25) is 9.59 Å². The van der Waals surface area contributed by atoms with Gasteiger partial charge in [0.25, 0.3) is 5.91 Å². The molecule has 5 rings (SSSR count). The fourth-order valence-electron chi connectivity index (χ4n) is 6.90. The molecule has 3 fully saturated rings. The lowest BCUT2D eigenvalue weighted by Crippen LogP contribution is -2.61. The maximum absolute atomic E-state index is 13.7. The van der Waals surface area contributed by atoms with Gasteiger partial charge < -0.3 is 14.5 Å². The summed E-state index contributed by atoms with van der Waals surface area (Å²) < 4.78 is 5.89. The molecule has 0 radical (unpaired) electrons. The zero-order chi connectivity index (χ0) is 23.0. The van der Waals surface area contributed by atoms with E-state index in [-0.39, 0.29) is 48.0 Å². The van der Waals surface area contributed by atoms with E-state index in [0.717, 1.165) is 38.5 Å². The van der Waals surface area contributed by atoms with Crippen LogP contribution in [0.2, 0.25) is 0 Å². The van der Waals surface area contributed by atoms with E-state index in [4.69, 9.17) is 4.74 Å². The fourth-order valence-corrected chi connectivity index (χ4v) is 6.90. The molecule has 0 spiro atoms. The third-order valence-corrected chi connectivity index (χ3v) is 8.25. The predicted octanol–water partition coefficient (Wildman–Crippen LogP) is 4.46. The number of fused-ring (bicyclic) bond motifs is 1. The number of piperidine rings is 1. The van der Waals surface area contributed by atoms with Crippen LogP contribution in [0, 0.1) is 5.41 Å². The number of benzene rings is 2. The molecule has 2 bridgehead atoms. The van der Waals surface area contributed by atoms with Crippen molar-refractivity contribution < 1.29 is 14.3 Å². The molecule has 0 N–H and O–H groups in total. The molecule has 1 aliphatic carbocycles. The summed E-state index contributed by atoms with van der Waals surface area (Å²) in [6.07, 6.45) is 5.96. The van der Waals surface area contributed by atoms with Crippen LogP contribution in [-0.4, -0.2) is 52.4 Å². The molecule has 1 saturated carbocycles. The molecule has 2 heterocycles. The molecule has 5 heteroatoms. The van der Waals surface area contributed by atoms with E-state index < -0.39 is 0 Å². The Morgan fingerprint density at radius 3 is 2.18 bits per heavy atom. The van der Waals surface area contributed by atoms with Crippen molar-refractivity contribution in [2.75, 3.05) is 6.61 Å². The van der Waals surface area contributed by atoms with Gasteiger partial charge in [0.2, 0.25) is 5.91 Å². The van der Waals surface area contributed by atoms with Crippen LogP contribution in [-0.2, 0) is 16.0 Å². The van der Waals surface area contributed by atoms with Crippen molar-refractivity contribution in [2.45, 2.75) is 76.5 Å². The van der Waals surface area contributed by atoms with E-state index in [2.05, 4.69) is 41.0 Å². The van der Waals surface area contributed by atoms with E-state index in [0.29, 0.717) is 5.75 Å². The molecule has 2 saturated heterocycles. The lowest BCUT2D eigenvalue weighted by atomic mass is 9.69. The maximum Gasteiger partial charge on any atom is 0.261 e. The molecular formula is C28H34N2O3. The topological polar surface area (TPSA) is 49.9 Å².